The van der Waals surface area contributed by atoms with Crippen molar-refractivity contribution >= 4 is 11.4 Å². The van der Waals surface area contributed by atoms with E-state index in [1.165, 1.54) is 5.56 Å². The first-order chi connectivity index (χ1) is 7.44. The maximum atomic E-state index is 8.95. The molecule has 0 heterocycles. The molecular formula is C13H22N2O. The lowest BCUT2D eigenvalue weighted by Gasteiger charge is -2.25. The smallest absolute Gasteiger partial charge is 0.0576 e. The first kappa shape index (κ1) is 12.8. The van der Waals surface area contributed by atoms with E-state index >= 15 is 0 Å². The molecule has 0 aliphatic rings. The second-order valence-electron chi connectivity index (χ2n) is 5.08. The molecule has 3 nitrogen and oxygen atoms in total. The molecule has 4 N–H and O–H groups in total. The summed E-state index contributed by atoms with van der Waals surface area (Å²) < 4.78 is 0. The van der Waals surface area contributed by atoms with Gasteiger partial charge in [-0.2, -0.15) is 0 Å². The zero-order valence-corrected chi connectivity index (χ0v) is 10.4. The molecule has 1 rings (SSSR count). The van der Waals surface area contributed by atoms with Crippen LogP contribution in [0.15, 0.2) is 18.2 Å². The highest BCUT2D eigenvalue weighted by Crippen LogP contribution is 2.24. The number of benzene rings is 1. The van der Waals surface area contributed by atoms with Gasteiger partial charge in [-0.05, 0) is 36.5 Å². The van der Waals surface area contributed by atoms with Gasteiger partial charge in [-0.3, -0.25) is 0 Å². The van der Waals surface area contributed by atoms with Crippen LogP contribution >= 0.6 is 0 Å². The third-order valence-electron chi connectivity index (χ3n) is 2.75. The number of aliphatic hydroxyl groups is 1. The van der Waals surface area contributed by atoms with Crippen LogP contribution in [0.2, 0.25) is 0 Å². The molecular weight excluding hydrogens is 200 g/mol. The number of nitrogens with two attached hydrogens (primary N) is 1. The van der Waals surface area contributed by atoms with Crippen LogP contribution in [-0.2, 0) is 0 Å². The van der Waals surface area contributed by atoms with Crippen molar-refractivity contribution in [1.29, 1.82) is 0 Å². The Balaban J connectivity index is 2.63. The van der Waals surface area contributed by atoms with Crippen molar-refractivity contribution < 1.29 is 5.11 Å². The zero-order chi connectivity index (χ0) is 12.2. The third kappa shape index (κ3) is 3.74. The van der Waals surface area contributed by atoms with Crippen LogP contribution in [0, 0.1) is 12.3 Å². The Labute approximate surface area is 97.7 Å². The van der Waals surface area contributed by atoms with E-state index in [-0.39, 0.29) is 12.0 Å². The summed E-state index contributed by atoms with van der Waals surface area (Å²) in [4.78, 5) is 0. The van der Waals surface area contributed by atoms with Crippen molar-refractivity contribution in [3.8, 4) is 0 Å². The Bertz CT molecular complexity index is 348. The average Bonchev–Trinajstić information content (AvgIpc) is 2.19. The Morgan fingerprint density at radius 3 is 2.69 bits per heavy atom. The van der Waals surface area contributed by atoms with Crippen LogP contribution < -0.4 is 11.1 Å². The summed E-state index contributed by atoms with van der Waals surface area (Å²) in [5, 5.41) is 12.3. The fourth-order valence-electron chi connectivity index (χ4n) is 1.55. The van der Waals surface area contributed by atoms with Crippen molar-refractivity contribution in [2.75, 3.05) is 24.2 Å². The summed E-state index contributed by atoms with van der Waals surface area (Å²) in [6.45, 7) is 7.33. The quantitative estimate of drug-likeness (QED) is 0.670. The molecule has 0 saturated heterocycles. The molecule has 0 aliphatic carbocycles. The Morgan fingerprint density at radius 2 is 2.06 bits per heavy atom. The summed E-state index contributed by atoms with van der Waals surface area (Å²) in [7, 11) is 0. The molecule has 16 heavy (non-hydrogen) atoms. The second kappa shape index (κ2) is 5.21. The summed E-state index contributed by atoms with van der Waals surface area (Å²) in [6, 6.07) is 5.96. The van der Waals surface area contributed by atoms with Gasteiger partial charge in [0.25, 0.3) is 0 Å². The first-order valence-corrected chi connectivity index (χ1v) is 5.65. The molecule has 0 saturated carbocycles. The van der Waals surface area contributed by atoms with Gasteiger partial charge in [0.2, 0.25) is 0 Å². The van der Waals surface area contributed by atoms with Crippen molar-refractivity contribution in [3.63, 3.8) is 0 Å². The van der Waals surface area contributed by atoms with E-state index in [2.05, 4.69) is 19.2 Å². The summed E-state index contributed by atoms with van der Waals surface area (Å²) in [5.74, 6) is 0. The van der Waals surface area contributed by atoms with Crippen molar-refractivity contribution in [1.82, 2.24) is 0 Å². The lowest BCUT2D eigenvalue weighted by atomic mass is 9.89. The normalized spacial score (nSPS) is 11.5. The number of aryl methyl sites for hydroxylation is 1. The van der Waals surface area contributed by atoms with Gasteiger partial charge in [-0.15, -0.1) is 0 Å². The Morgan fingerprint density at radius 1 is 1.38 bits per heavy atom. The predicted molar refractivity (Wildman–Crippen MR) is 69.6 cm³/mol. The van der Waals surface area contributed by atoms with Crippen molar-refractivity contribution in [2.45, 2.75) is 27.2 Å². The molecule has 0 unspecified atom stereocenters. The monoisotopic (exact) mass is 222 g/mol. The van der Waals surface area contributed by atoms with E-state index in [4.69, 9.17) is 10.8 Å². The fraction of sp³-hybridized carbons (Fsp3) is 0.538. The van der Waals surface area contributed by atoms with Crippen LogP contribution in [-0.4, -0.2) is 18.3 Å². The van der Waals surface area contributed by atoms with E-state index in [9.17, 15) is 0 Å². The summed E-state index contributed by atoms with van der Waals surface area (Å²) >= 11 is 0. The molecule has 1 aromatic carbocycles. The standard InChI is InChI=1S/C13H22N2O/c1-10-4-5-11(14)12(8-10)15-9-13(2,3)6-7-16/h4-5,8,15-16H,6-7,9,14H2,1-3H3. The van der Waals surface area contributed by atoms with Gasteiger partial charge in [0.05, 0.1) is 11.4 Å². The maximum absolute atomic E-state index is 8.95. The van der Waals surface area contributed by atoms with E-state index in [0.717, 1.165) is 24.3 Å². The molecule has 0 aromatic heterocycles. The maximum Gasteiger partial charge on any atom is 0.0576 e. The highest BCUT2D eigenvalue weighted by molar-refractivity contribution is 5.66. The molecule has 0 spiro atoms. The number of hydrogen-bond acceptors (Lipinski definition) is 3. The van der Waals surface area contributed by atoms with Gasteiger partial charge in [0.1, 0.15) is 0 Å². The number of aliphatic hydroxyl groups excluding tert-OH is 1. The predicted octanol–water partition coefficient (Wildman–Crippen LogP) is 2.40. The van der Waals surface area contributed by atoms with Gasteiger partial charge in [-0.1, -0.05) is 19.9 Å². The van der Waals surface area contributed by atoms with Crippen LogP contribution in [0.5, 0.6) is 0 Å². The van der Waals surface area contributed by atoms with E-state index in [0.29, 0.717) is 0 Å². The minimum atomic E-state index is 0.0743. The van der Waals surface area contributed by atoms with Gasteiger partial charge < -0.3 is 16.2 Å². The number of anilines is 2. The lowest BCUT2D eigenvalue weighted by Crippen LogP contribution is -2.24. The number of nitrogens with one attached hydrogen (secondary N) is 1. The highest BCUT2D eigenvalue weighted by atomic mass is 16.3. The minimum Gasteiger partial charge on any atom is -0.397 e. The molecule has 0 amide bonds. The van der Waals surface area contributed by atoms with Crippen molar-refractivity contribution in [3.05, 3.63) is 23.8 Å². The van der Waals surface area contributed by atoms with E-state index in [1.807, 2.05) is 25.1 Å². The van der Waals surface area contributed by atoms with Crippen LogP contribution in [0.1, 0.15) is 25.8 Å². The van der Waals surface area contributed by atoms with E-state index < -0.39 is 0 Å². The van der Waals surface area contributed by atoms with Crippen LogP contribution in [0.25, 0.3) is 0 Å². The summed E-state index contributed by atoms with van der Waals surface area (Å²) in [6.07, 6.45) is 0.783. The Kier molecular flexibility index (Phi) is 4.19. The molecule has 1 aromatic rings. The molecule has 0 fully saturated rings. The molecule has 0 aliphatic heterocycles. The fourth-order valence-corrected chi connectivity index (χ4v) is 1.55. The molecule has 3 heteroatoms. The van der Waals surface area contributed by atoms with Gasteiger partial charge in [0, 0.05) is 13.2 Å². The van der Waals surface area contributed by atoms with Gasteiger partial charge >= 0.3 is 0 Å². The number of hydrogen-bond donors (Lipinski definition) is 3. The molecule has 0 atom stereocenters. The average molecular weight is 222 g/mol. The minimum absolute atomic E-state index is 0.0743. The summed E-state index contributed by atoms with van der Waals surface area (Å²) in [5.41, 5.74) is 8.89. The molecule has 0 radical (unpaired) electrons. The van der Waals surface area contributed by atoms with E-state index in [1.54, 1.807) is 0 Å². The second-order valence-corrected chi connectivity index (χ2v) is 5.08. The topological polar surface area (TPSA) is 58.3 Å². The SMILES string of the molecule is Cc1ccc(N)c(NCC(C)(C)CCO)c1. The Hall–Kier alpha value is -1.22. The first-order valence-electron chi connectivity index (χ1n) is 5.65. The number of rotatable bonds is 5. The largest absolute Gasteiger partial charge is 0.397 e. The molecule has 0 bridgehead atoms. The third-order valence-corrected chi connectivity index (χ3v) is 2.75. The van der Waals surface area contributed by atoms with Crippen molar-refractivity contribution in [2.24, 2.45) is 5.41 Å². The van der Waals surface area contributed by atoms with Gasteiger partial charge in [0.15, 0.2) is 0 Å². The lowest BCUT2D eigenvalue weighted by molar-refractivity contribution is 0.220. The highest BCUT2D eigenvalue weighted by Gasteiger charge is 2.16. The number of nitrogen functional groups attached to an aromatic ring is 1. The zero-order valence-electron chi connectivity index (χ0n) is 10.4. The van der Waals surface area contributed by atoms with Crippen LogP contribution in [0.4, 0.5) is 11.4 Å². The molecule has 90 valence electrons. The van der Waals surface area contributed by atoms with Gasteiger partial charge in [-0.25, -0.2) is 0 Å². The van der Waals surface area contributed by atoms with Crippen LogP contribution in [0.3, 0.4) is 0 Å².